The number of halogens is 1. The highest BCUT2D eigenvalue weighted by Crippen LogP contribution is 2.18. The van der Waals surface area contributed by atoms with E-state index in [1.165, 1.54) is 18.5 Å². The van der Waals surface area contributed by atoms with Crippen LogP contribution in [0.15, 0.2) is 21.7 Å². The van der Waals surface area contributed by atoms with Gasteiger partial charge in [-0.1, -0.05) is 6.92 Å². The van der Waals surface area contributed by atoms with Crippen LogP contribution in [0.4, 0.5) is 4.39 Å². The molecule has 1 aromatic heterocycles. The van der Waals surface area contributed by atoms with Crippen molar-refractivity contribution in [2.75, 3.05) is 0 Å². The Morgan fingerprint density at radius 1 is 1.38 bits per heavy atom. The lowest BCUT2D eigenvalue weighted by atomic mass is 10.1. The number of rotatable bonds is 3. The molecule has 0 radical (unpaired) electrons. The molecule has 0 spiro atoms. The molecule has 1 heterocycles. The highest BCUT2D eigenvalue weighted by molar-refractivity contribution is 5.91. The van der Waals surface area contributed by atoms with Crippen LogP contribution in [0, 0.1) is 24.1 Å². The minimum atomic E-state index is -1.46. The molecular formula is C16H14FN3O4. The largest absolute Gasteiger partial charge is 0.478 e. The molecule has 0 atom stereocenters. The highest BCUT2D eigenvalue weighted by atomic mass is 19.1. The van der Waals surface area contributed by atoms with Crippen LogP contribution in [0.1, 0.15) is 34.1 Å². The number of nitrogens with zero attached hydrogens (tertiary/aromatic N) is 3. The van der Waals surface area contributed by atoms with E-state index in [9.17, 15) is 18.8 Å². The molecule has 7 nitrogen and oxygen atoms in total. The SMILES string of the molecule is CCc1c(C)c(=O)n(-c2cc(C(=O)O)c(C#N)cc2F)c(=O)n1C. The first-order valence-electron chi connectivity index (χ1n) is 7.03. The third-order valence-corrected chi connectivity index (χ3v) is 3.85. The summed E-state index contributed by atoms with van der Waals surface area (Å²) in [4.78, 5) is 36.2. The predicted molar refractivity (Wildman–Crippen MR) is 83.0 cm³/mol. The van der Waals surface area contributed by atoms with Crippen LogP contribution in [0.25, 0.3) is 5.69 Å². The first-order valence-corrected chi connectivity index (χ1v) is 7.03. The summed E-state index contributed by atoms with van der Waals surface area (Å²) in [5.41, 5.74) is -2.12. The first kappa shape index (κ1) is 17.1. The fourth-order valence-electron chi connectivity index (χ4n) is 2.61. The molecule has 2 aromatic rings. The summed E-state index contributed by atoms with van der Waals surface area (Å²) in [5, 5.41) is 18.0. The normalized spacial score (nSPS) is 10.5. The molecule has 0 aliphatic carbocycles. The van der Waals surface area contributed by atoms with Crippen LogP contribution in [0.5, 0.6) is 0 Å². The second-order valence-electron chi connectivity index (χ2n) is 5.17. The maximum Gasteiger partial charge on any atom is 0.337 e. The zero-order chi connectivity index (χ0) is 18.2. The van der Waals surface area contributed by atoms with Crippen LogP contribution in [0.3, 0.4) is 0 Å². The Balaban J connectivity index is 2.97. The molecule has 0 fully saturated rings. The van der Waals surface area contributed by atoms with Crippen molar-refractivity contribution in [1.29, 1.82) is 5.26 Å². The van der Waals surface area contributed by atoms with Gasteiger partial charge in [-0.15, -0.1) is 0 Å². The minimum Gasteiger partial charge on any atom is -0.478 e. The van der Waals surface area contributed by atoms with E-state index >= 15 is 0 Å². The maximum absolute atomic E-state index is 14.3. The zero-order valence-corrected chi connectivity index (χ0v) is 13.3. The molecule has 1 N–H and O–H groups in total. The van der Waals surface area contributed by atoms with Crippen LogP contribution >= 0.6 is 0 Å². The number of benzene rings is 1. The van der Waals surface area contributed by atoms with Gasteiger partial charge in [-0.05, 0) is 25.5 Å². The van der Waals surface area contributed by atoms with E-state index in [2.05, 4.69) is 0 Å². The van der Waals surface area contributed by atoms with E-state index in [1.807, 2.05) is 0 Å². The molecule has 24 heavy (non-hydrogen) atoms. The number of carboxylic acid groups (broad SMARTS) is 1. The molecule has 124 valence electrons. The Morgan fingerprint density at radius 3 is 2.50 bits per heavy atom. The number of hydrogen-bond acceptors (Lipinski definition) is 4. The monoisotopic (exact) mass is 331 g/mol. The van der Waals surface area contributed by atoms with Crippen molar-refractivity contribution in [1.82, 2.24) is 9.13 Å². The lowest BCUT2D eigenvalue weighted by Gasteiger charge is -2.15. The summed E-state index contributed by atoms with van der Waals surface area (Å²) < 4.78 is 16.1. The predicted octanol–water partition coefficient (Wildman–Crippen LogP) is 1.12. The highest BCUT2D eigenvalue weighted by Gasteiger charge is 2.21. The van der Waals surface area contributed by atoms with Gasteiger partial charge in [-0.2, -0.15) is 5.26 Å². The maximum atomic E-state index is 14.3. The average molecular weight is 331 g/mol. The van der Waals surface area contributed by atoms with E-state index < -0.39 is 39.8 Å². The Morgan fingerprint density at radius 2 is 2.00 bits per heavy atom. The summed E-state index contributed by atoms with van der Waals surface area (Å²) in [5.74, 6) is -2.49. The van der Waals surface area contributed by atoms with Gasteiger partial charge in [-0.25, -0.2) is 18.5 Å². The Bertz CT molecular complexity index is 975. The van der Waals surface area contributed by atoms with Crippen LogP contribution < -0.4 is 11.2 Å². The van der Waals surface area contributed by atoms with E-state index in [1.54, 1.807) is 13.0 Å². The van der Waals surface area contributed by atoms with E-state index in [0.29, 0.717) is 22.7 Å². The quantitative estimate of drug-likeness (QED) is 0.907. The number of aromatic carboxylic acids is 1. The average Bonchev–Trinajstić information content (AvgIpc) is 2.54. The third-order valence-electron chi connectivity index (χ3n) is 3.85. The van der Waals surface area contributed by atoms with Gasteiger partial charge in [0.15, 0.2) is 0 Å². The zero-order valence-electron chi connectivity index (χ0n) is 13.3. The molecule has 0 amide bonds. The number of hydrogen-bond donors (Lipinski definition) is 1. The summed E-state index contributed by atoms with van der Waals surface area (Å²) in [6.45, 7) is 3.28. The molecular weight excluding hydrogens is 317 g/mol. The third kappa shape index (κ3) is 2.50. The van der Waals surface area contributed by atoms with Crippen molar-refractivity contribution in [3.63, 3.8) is 0 Å². The number of aromatic nitrogens is 2. The molecule has 0 saturated heterocycles. The topological polar surface area (TPSA) is 105 Å². The minimum absolute atomic E-state index is 0.264. The second kappa shape index (κ2) is 6.12. The summed E-state index contributed by atoms with van der Waals surface area (Å²) in [7, 11) is 1.45. The Kier molecular flexibility index (Phi) is 4.37. The van der Waals surface area contributed by atoms with Crippen molar-refractivity contribution in [3.8, 4) is 11.8 Å². The fraction of sp³-hybridized carbons (Fsp3) is 0.250. The number of nitriles is 1. The smallest absolute Gasteiger partial charge is 0.337 e. The summed E-state index contributed by atoms with van der Waals surface area (Å²) >= 11 is 0. The van der Waals surface area contributed by atoms with Gasteiger partial charge >= 0.3 is 11.7 Å². The fourth-order valence-corrected chi connectivity index (χ4v) is 2.61. The summed E-state index contributed by atoms with van der Waals surface area (Å²) in [6, 6.07) is 3.10. The Hall–Kier alpha value is -3.21. The second-order valence-corrected chi connectivity index (χ2v) is 5.17. The molecule has 0 saturated carbocycles. The number of carbonyl (C=O) groups is 1. The van der Waals surface area contributed by atoms with Crippen molar-refractivity contribution in [2.45, 2.75) is 20.3 Å². The van der Waals surface area contributed by atoms with Crippen LogP contribution in [-0.2, 0) is 13.5 Å². The lowest BCUT2D eigenvalue weighted by molar-refractivity contribution is 0.0696. The van der Waals surface area contributed by atoms with Gasteiger partial charge in [0.1, 0.15) is 11.9 Å². The standard InChI is InChI=1S/C16H14FN3O4/c1-4-12-8(2)14(21)20(16(24)19(12)3)13-6-10(15(22)23)9(7-18)5-11(13)17/h5-6H,4H2,1-3H3,(H,22,23). The Labute approximate surface area is 135 Å². The first-order chi connectivity index (χ1) is 11.2. The van der Waals surface area contributed by atoms with Crippen LogP contribution in [-0.4, -0.2) is 20.2 Å². The molecule has 0 aliphatic rings. The molecule has 8 heteroatoms. The van der Waals surface area contributed by atoms with Crippen molar-refractivity contribution >= 4 is 5.97 Å². The van der Waals surface area contributed by atoms with Gasteiger partial charge in [0.05, 0.1) is 16.8 Å². The molecule has 2 rings (SSSR count). The van der Waals surface area contributed by atoms with Gasteiger partial charge in [0.25, 0.3) is 5.56 Å². The summed E-state index contributed by atoms with van der Waals surface area (Å²) in [6.07, 6.45) is 0.434. The van der Waals surface area contributed by atoms with E-state index in [0.717, 1.165) is 6.07 Å². The van der Waals surface area contributed by atoms with E-state index in [-0.39, 0.29) is 5.56 Å². The van der Waals surface area contributed by atoms with Gasteiger partial charge in [0.2, 0.25) is 0 Å². The van der Waals surface area contributed by atoms with Gasteiger partial charge < -0.3 is 9.67 Å². The van der Waals surface area contributed by atoms with Gasteiger partial charge in [0, 0.05) is 18.3 Å². The van der Waals surface area contributed by atoms with Crippen molar-refractivity contribution in [2.24, 2.45) is 7.05 Å². The molecule has 0 aliphatic heterocycles. The molecule has 0 bridgehead atoms. The number of carboxylic acids is 1. The molecule has 0 unspecified atom stereocenters. The van der Waals surface area contributed by atoms with Crippen molar-refractivity contribution < 1.29 is 14.3 Å². The van der Waals surface area contributed by atoms with Crippen molar-refractivity contribution in [3.05, 3.63) is 61.2 Å². The lowest BCUT2D eigenvalue weighted by Crippen LogP contribution is -2.41. The van der Waals surface area contributed by atoms with Gasteiger partial charge in [-0.3, -0.25) is 4.79 Å². The van der Waals surface area contributed by atoms with E-state index in [4.69, 9.17) is 10.4 Å². The van der Waals surface area contributed by atoms with Crippen LogP contribution in [0.2, 0.25) is 0 Å². The molecule has 1 aromatic carbocycles.